The van der Waals surface area contributed by atoms with E-state index in [0.29, 0.717) is 5.92 Å². The molecule has 0 saturated carbocycles. The van der Waals surface area contributed by atoms with Crippen molar-refractivity contribution in [3.05, 3.63) is 0 Å². The van der Waals surface area contributed by atoms with E-state index in [9.17, 15) is 0 Å². The van der Waals surface area contributed by atoms with Crippen molar-refractivity contribution in [2.24, 2.45) is 11.8 Å². The summed E-state index contributed by atoms with van der Waals surface area (Å²) in [6, 6.07) is 0. The first kappa shape index (κ1) is 12.9. The molecule has 1 fully saturated rings. The van der Waals surface area contributed by atoms with E-state index in [2.05, 4.69) is 19.2 Å². The first-order valence-corrected chi connectivity index (χ1v) is 6.19. The molecule has 0 bridgehead atoms. The second-order valence-corrected chi connectivity index (χ2v) is 4.52. The quantitative estimate of drug-likeness (QED) is 0.625. The molecule has 1 heterocycles. The van der Waals surface area contributed by atoms with E-state index in [0.717, 1.165) is 45.4 Å². The van der Waals surface area contributed by atoms with Crippen molar-refractivity contribution >= 4 is 0 Å². The molecule has 1 saturated heterocycles. The summed E-state index contributed by atoms with van der Waals surface area (Å²) in [5.41, 5.74) is 0. The Morgan fingerprint density at radius 1 is 1.53 bits per heavy atom. The van der Waals surface area contributed by atoms with Crippen LogP contribution in [0.1, 0.15) is 26.7 Å². The molecule has 0 aliphatic carbocycles. The lowest BCUT2D eigenvalue weighted by Crippen LogP contribution is -2.25. The third-order valence-electron chi connectivity index (χ3n) is 2.99. The van der Waals surface area contributed by atoms with Gasteiger partial charge in [0.1, 0.15) is 0 Å². The maximum Gasteiger partial charge on any atom is 0.0591 e. The summed E-state index contributed by atoms with van der Waals surface area (Å²) in [6.07, 6.45) is 2.41. The molecule has 3 heteroatoms. The minimum absolute atomic E-state index is 0.638. The molecular formula is C12H25NO2. The molecule has 1 N–H and O–H groups in total. The molecule has 1 aliphatic rings. The molecule has 0 aromatic carbocycles. The Kier molecular flexibility index (Phi) is 6.98. The van der Waals surface area contributed by atoms with Gasteiger partial charge in [0, 0.05) is 19.1 Å². The van der Waals surface area contributed by atoms with Gasteiger partial charge in [-0.25, -0.2) is 0 Å². The summed E-state index contributed by atoms with van der Waals surface area (Å²) in [7, 11) is 0. The summed E-state index contributed by atoms with van der Waals surface area (Å²) in [5, 5.41) is 3.41. The van der Waals surface area contributed by atoms with Crippen LogP contribution < -0.4 is 5.32 Å². The van der Waals surface area contributed by atoms with Crippen molar-refractivity contribution in [2.75, 3.05) is 39.5 Å². The van der Waals surface area contributed by atoms with Gasteiger partial charge in [-0.2, -0.15) is 0 Å². The van der Waals surface area contributed by atoms with Crippen LogP contribution in [0.4, 0.5) is 0 Å². The lowest BCUT2D eigenvalue weighted by atomic mass is 10.1. The first-order valence-electron chi connectivity index (χ1n) is 6.19. The summed E-state index contributed by atoms with van der Waals surface area (Å²) in [6.45, 7) is 10.1. The Labute approximate surface area is 93.5 Å². The molecule has 2 unspecified atom stereocenters. The molecule has 90 valence electrons. The fourth-order valence-electron chi connectivity index (χ4n) is 1.60. The zero-order valence-electron chi connectivity index (χ0n) is 10.1. The van der Waals surface area contributed by atoms with Crippen LogP contribution >= 0.6 is 0 Å². The normalized spacial score (nSPS) is 23.2. The highest BCUT2D eigenvalue weighted by Gasteiger charge is 2.14. The van der Waals surface area contributed by atoms with Crippen molar-refractivity contribution in [3.63, 3.8) is 0 Å². The first-order chi connectivity index (χ1) is 7.33. The van der Waals surface area contributed by atoms with E-state index in [-0.39, 0.29) is 0 Å². The molecule has 2 atom stereocenters. The second kappa shape index (κ2) is 8.08. The molecule has 0 amide bonds. The van der Waals surface area contributed by atoms with Crippen LogP contribution in [0.3, 0.4) is 0 Å². The standard InChI is InChI=1S/C12H25NO2/c1-3-11(2)8-13-5-7-15-10-12-4-6-14-9-12/h11-13H,3-10H2,1-2H3. The number of rotatable bonds is 8. The van der Waals surface area contributed by atoms with Gasteiger partial charge in [-0.05, 0) is 18.9 Å². The van der Waals surface area contributed by atoms with Gasteiger partial charge in [0.05, 0.1) is 19.8 Å². The molecular weight excluding hydrogens is 190 g/mol. The average molecular weight is 215 g/mol. The summed E-state index contributed by atoms with van der Waals surface area (Å²) in [4.78, 5) is 0. The van der Waals surface area contributed by atoms with Crippen molar-refractivity contribution in [1.29, 1.82) is 0 Å². The van der Waals surface area contributed by atoms with Gasteiger partial charge in [-0.3, -0.25) is 0 Å². The average Bonchev–Trinajstić information content (AvgIpc) is 2.75. The van der Waals surface area contributed by atoms with Crippen LogP contribution in [0.5, 0.6) is 0 Å². The van der Waals surface area contributed by atoms with Crippen molar-refractivity contribution in [3.8, 4) is 0 Å². The highest BCUT2D eigenvalue weighted by molar-refractivity contribution is 4.63. The number of hydrogen-bond donors (Lipinski definition) is 1. The fraction of sp³-hybridized carbons (Fsp3) is 1.00. The maximum atomic E-state index is 5.59. The fourth-order valence-corrected chi connectivity index (χ4v) is 1.60. The highest BCUT2D eigenvalue weighted by Crippen LogP contribution is 2.11. The smallest absolute Gasteiger partial charge is 0.0591 e. The van der Waals surface area contributed by atoms with E-state index in [4.69, 9.17) is 9.47 Å². The summed E-state index contributed by atoms with van der Waals surface area (Å²) in [5.74, 6) is 1.41. The van der Waals surface area contributed by atoms with E-state index in [1.54, 1.807) is 0 Å². The van der Waals surface area contributed by atoms with Gasteiger partial charge in [-0.15, -0.1) is 0 Å². The maximum absolute atomic E-state index is 5.59. The molecule has 3 nitrogen and oxygen atoms in total. The number of nitrogens with one attached hydrogen (secondary N) is 1. The minimum atomic E-state index is 0.638. The third kappa shape index (κ3) is 6.13. The van der Waals surface area contributed by atoms with E-state index >= 15 is 0 Å². The zero-order valence-corrected chi connectivity index (χ0v) is 10.1. The largest absolute Gasteiger partial charge is 0.381 e. The molecule has 0 aromatic rings. The van der Waals surface area contributed by atoms with Gasteiger partial charge in [0.15, 0.2) is 0 Å². The summed E-state index contributed by atoms with van der Waals surface area (Å²) >= 11 is 0. The zero-order chi connectivity index (χ0) is 10.9. The van der Waals surface area contributed by atoms with Gasteiger partial charge in [-0.1, -0.05) is 20.3 Å². The Morgan fingerprint density at radius 2 is 2.40 bits per heavy atom. The lowest BCUT2D eigenvalue weighted by molar-refractivity contribution is 0.0910. The van der Waals surface area contributed by atoms with Gasteiger partial charge in [0.2, 0.25) is 0 Å². The predicted molar refractivity (Wildman–Crippen MR) is 62.1 cm³/mol. The lowest BCUT2D eigenvalue weighted by Gasteiger charge is -2.11. The molecule has 0 radical (unpaired) electrons. The second-order valence-electron chi connectivity index (χ2n) is 4.52. The number of hydrogen-bond acceptors (Lipinski definition) is 3. The van der Waals surface area contributed by atoms with Gasteiger partial charge < -0.3 is 14.8 Å². The summed E-state index contributed by atoms with van der Waals surface area (Å²) < 4.78 is 10.9. The van der Waals surface area contributed by atoms with Crippen LogP contribution in [0.2, 0.25) is 0 Å². The van der Waals surface area contributed by atoms with Gasteiger partial charge in [0.25, 0.3) is 0 Å². The molecule has 0 aromatic heterocycles. The SMILES string of the molecule is CCC(C)CNCCOCC1CCOC1. The minimum Gasteiger partial charge on any atom is -0.381 e. The number of ether oxygens (including phenoxy) is 2. The van der Waals surface area contributed by atoms with E-state index in [1.807, 2.05) is 0 Å². The molecule has 0 spiro atoms. The Hall–Kier alpha value is -0.120. The van der Waals surface area contributed by atoms with Crippen LogP contribution in [-0.2, 0) is 9.47 Å². The van der Waals surface area contributed by atoms with Crippen LogP contribution in [0.15, 0.2) is 0 Å². The Morgan fingerprint density at radius 3 is 3.07 bits per heavy atom. The van der Waals surface area contributed by atoms with Crippen LogP contribution in [0.25, 0.3) is 0 Å². The van der Waals surface area contributed by atoms with Crippen molar-refractivity contribution in [1.82, 2.24) is 5.32 Å². The van der Waals surface area contributed by atoms with E-state index in [1.165, 1.54) is 12.8 Å². The van der Waals surface area contributed by atoms with E-state index < -0.39 is 0 Å². The third-order valence-corrected chi connectivity index (χ3v) is 2.99. The highest BCUT2D eigenvalue weighted by atomic mass is 16.5. The monoisotopic (exact) mass is 215 g/mol. The Balaban J connectivity index is 1.80. The van der Waals surface area contributed by atoms with Crippen LogP contribution in [-0.4, -0.2) is 39.5 Å². The van der Waals surface area contributed by atoms with Crippen molar-refractivity contribution < 1.29 is 9.47 Å². The van der Waals surface area contributed by atoms with Crippen LogP contribution in [0, 0.1) is 11.8 Å². The van der Waals surface area contributed by atoms with Crippen molar-refractivity contribution in [2.45, 2.75) is 26.7 Å². The predicted octanol–water partition coefficient (Wildman–Crippen LogP) is 1.68. The molecule has 15 heavy (non-hydrogen) atoms. The molecule has 1 rings (SSSR count). The topological polar surface area (TPSA) is 30.5 Å². The van der Waals surface area contributed by atoms with Gasteiger partial charge >= 0.3 is 0 Å². The Bertz CT molecular complexity index is 147. The molecule has 1 aliphatic heterocycles.